The van der Waals surface area contributed by atoms with Gasteiger partial charge in [-0.15, -0.1) is 0 Å². The molecule has 1 aromatic carbocycles. The molecule has 0 aliphatic carbocycles. The SMILES string of the molecule is CC(C)N(CC(N)=O)C(=O)c1ccc(Cl)cc1Br. The lowest BCUT2D eigenvalue weighted by Gasteiger charge is -2.25. The van der Waals surface area contributed by atoms with Crippen LogP contribution in [0.1, 0.15) is 24.2 Å². The minimum absolute atomic E-state index is 0.106. The van der Waals surface area contributed by atoms with E-state index in [1.165, 1.54) is 4.90 Å². The molecule has 0 radical (unpaired) electrons. The minimum Gasteiger partial charge on any atom is -0.368 e. The summed E-state index contributed by atoms with van der Waals surface area (Å²) in [6, 6.07) is 4.76. The average Bonchev–Trinajstić information content (AvgIpc) is 2.24. The molecule has 6 heteroatoms. The molecule has 0 aromatic heterocycles. The molecule has 0 saturated heterocycles. The normalized spacial score (nSPS) is 10.5. The molecule has 0 unspecified atom stereocenters. The van der Waals surface area contributed by atoms with Crippen LogP contribution >= 0.6 is 27.5 Å². The van der Waals surface area contributed by atoms with E-state index in [1.54, 1.807) is 18.2 Å². The third kappa shape index (κ3) is 3.71. The van der Waals surface area contributed by atoms with Gasteiger partial charge < -0.3 is 10.6 Å². The second-order valence-electron chi connectivity index (χ2n) is 4.12. The first kappa shape index (κ1) is 15.0. The summed E-state index contributed by atoms with van der Waals surface area (Å²) in [4.78, 5) is 24.7. The molecular formula is C12H14BrClN2O2. The van der Waals surface area contributed by atoms with Crippen molar-refractivity contribution in [2.75, 3.05) is 6.54 Å². The monoisotopic (exact) mass is 332 g/mol. The predicted octanol–water partition coefficient (Wildman–Crippen LogP) is 2.44. The van der Waals surface area contributed by atoms with Gasteiger partial charge in [0.1, 0.15) is 0 Å². The highest BCUT2D eigenvalue weighted by molar-refractivity contribution is 9.10. The van der Waals surface area contributed by atoms with Gasteiger partial charge in [-0.25, -0.2) is 0 Å². The molecule has 2 N–H and O–H groups in total. The highest BCUT2D eigenvalue weighted by Gasteiger charge is 2.22. The van der Waals surface area contributed by atoms with Gasteiger partial charge in [0, 0.05) is 15.5 Å². The zero-order valence-electron chi connectivity index (χ0n) is 10.1. The Morgan fingerprint density at radius 3 is 2.50 bits per heavy atom. The third-order valence-electron chi connectivity index (χ3n) is 2.37. The molecule has 1 aromatic rings. The number of carbonyl (C=O) groups is 2. The number of hydrogen-bond acceptors (Lipinski definition) is 2. The van der Waals surface area contributed by atoms with Crippen LogP contribution in [0.3, 0.4) is 0 Å². The van der Waals surface area contributed by atoms with Crippen LogP contribution in [-0.4, -0.2) is 29.3 Å². The van der Waals surface area contributed by atoms with Crippen molar-refractivity contribution in [1.82, 2.24) is 4.90 Å². The maximum atomic E-state index is 12.3. The molecule has 0 heterocycles. The fourth-order valence-corrected chi connectivity index (χ4v) is 2.33. The second kappa shape index (κ2) is 6.20. The van der Waals surface area contributed by atoms with Crippen molar-refractivity contribution in [2.45, 2.75) is 19.9 Å². The van der Waals surface area contributed by atoms with Gasteiger partial charge in [-0.05, 0) is 48.0 Å². The fraction of sp³-hybridized carbons (Fsp3) is 0.333. The first-order chi connectivity index (χ1) is 8.32. The lowest BCUT2D eigenvalue weighted by molar-refractivity contribution is -0.119. The molecule has 98 valence electrons. The summed E-state index contributed by atoms with van der Waals surface area (Å²) in [5.74, 6) is -0.797. The van der Waals surface area contributed by atoms with E-state index in [2.05, 4.69) is 15.9 Å². The highest BCUT2D eigenvalue weighted by Crippen LogP contribution is 2.23. The van der Waals surface area contributed by atoms with Crippen LogP contribution in [0.2, 0.25) is 5.02 Å². The van der Waals surface area contributed by atoms with Crippen molar-refractivity contribution in [3.05, 3.63) is 33.3 Å². The maximum absolute atomic E-state index is 12.3. The first-order valence-corrected chi connectivity index (χ1v) is 6.54. The number of benzene rings is 1. The molecule has 4 nitrogen and oxygen atoms in total. The van der Waals surface area contributed by atoms with Crippen molar-refractivity contribution in [3.63, 3.8) is 0 Å². The van der Waals surface area contributed by atoms with Gasteiger partial charge in [0.25, 0.3) is 5.91 Å². The number of primary amides is 1. The Bertz CT molecular complexity index is 477. The van der Waals surface area contributed by atoms with Crippen LogP contribution in [0, 0.1) is 0 Å². The standard InChI is InChI=1S/C12H14BrClN2O2/c1-7(2)16(6-11(15)17)12(18)9-4-3-8(14)5-10(9)13/h3-5,7H,6H2,1-2H3,(H2,15,17). The topological polar surface area (TPSA) is 63.4 Å². The molecular weight excluding hydrogens is 320 g/mol. The Balaban J connectivity index is 3.05. The summed E-state index contributed by atoms with van der Waals surface area (Å²) >= 11 is 9.10. The van der Waals surface area contributed by atoms with Crippen LogP contribution < -0.4 is 5.73 Å². The Labute approximate surface area is 119 Å². The summed E-state index contributed by atoms with van der Waals surface area (Å²) in [5.41, 5.74) is 5.60. The van der Waals surface area contributed by atoms with E-state index in [9.17, 15) is 9.59 Å². The van der Waals surface area contributed by atoms with Gasteiger partial charge in [0.05, 0.1) is 12.1 Å². The zero-order valence-corrected chi connectivity index (χ0v) is 12.5. The summed E-state index contributed by atoms with van der Waals surface area (Å²) in [6.07, 6.45) is 0. The molecule has 2 amide bonds. The number of hydrogen-bond donors (Lipinski definition) is 1. The molecule has 0 saturated carbocycles. The van der Waals surface area contributed by atoms with Crippen molar-refractivity contribution >= 4 is 39.3 Å². The van der Waals surface area contributed by atoms with Gasteiger partial charge in [0.15, 0.2) is 0 Å². The second-order valence-corrected chi connectivity index (χ2v) is 5.41. The Hall–Kier alpha value is -1.07. The third-order valence-corrected chi connectivity index (χ3v) is 3.26. The molecule has 0 atom stereocenters. The highest BCUT2D eigenvalue weighted by atomic mass is 79.9. The van der Waals surface area contributed by atoms with Crippen LogP contribution in [0.25, 0.3) is 0 Å². The maximum Gasteiger partial charge on any atom is 0.255 e. The average molecular weight is 334 g/mol. The largest absolute Gasteiger partial charge is 0.368 e. The first-order valence-electron chi connectivity index (χ1n) is 5.37. The van der Waals surface area contributed by atoms with Gasteiger partial charge in [-0.3, -0.25) is 9.59 Å². The van der Waals surface area contributed by atoms with E-state index >= 15 is 0 Å². The molecule has 0 aliphatic rings. The molecule has 0 aliphatic heterocycles. The van der Waals surface area contributed by atoms with Crippen LogP contribution in [0.15, 0.2) is 22.7 Å². The number of nitrogens with zero attached hydrogens (tertiary/aromatic N) is 1. The molecule has 18 heavy (non-hydrogen) atoms. The van der Waals surface area contributed by atoms with Crippen molar-refractivity contribution < 1.29 is 9.59 Å². The molecule has 0 bridgehead atoms. The van der Waals surface area contributed by atoms with Crippen LogP contribution in [0.4, 0.5) is 0 Å². The van der Waals surface area contributed by atoms with Crippen molar-refractivity contribution in [2.24, 2.45) is 5.73 Å². The van der Waals surface area contributed by atoms with Gasteiger partial charge >= 0.3 is 0 Å². The van der Waals surface area contributed by atoms with Gasteiger partial charge in [0.2, 0.25) is 5.91 Å². The smallest absolute Gasteiger partial charge is 0.255 e. The number of halogens is 2. The van der Waals surface area contributed by atoms with Gasteiger partial charge in [-0.1, -0.05) is 11.6 Å². The number of carbonyl (C=O) groups excluding carboxylic acids is 2. The molecule has 0 spiro atoms. The number of nitrogens with two attached hydrogens (primary N) is 1. The Morgan fingerprint density at radius 1 is 1.44 bits per heavy atom. The van der Waals surface area contributed by atoms with E-state index in [4.69, 9.17) is 17.3 Å². The van der Waals surface area contributed by atoms with E-state index in [-0.39, 0.29) is 18.5 Å². The summed E-state index contributed by atoms with van der Waals surface area (Å²) in [7, 11) is 0. The molecule has 1 rings (SSSR count). The summed E-state index contributed by atoms with van der Waals surface area (Å²) < 4.78 is 0.593. The lowest BCUT2D eigenvalue weighted by atomic mass is 10.1. The number of amides is 2. The Kier molecular flexibility index (Phi) is 5.16. The molecule has 0 fully saturated rings. The lowest BCUT2D eigenvalue weighted by Crippen LogP contribution is -2.42. The fourth-order valence-electron chi connectivity index (χ4n) is 1.47. The quantitative estimate of drug-likeness (QED) is 0.920. The van der Waals surface area contributed by atoms with E-state index in [0.29, 0.717) is 15.1 Å². The number of rotatable bonds is 4. The van der Waals surface area contributed by atoms with Crippen LogP contribution in [0.5, 0.6) is 0 Å². The minimum atomic E-state index is -0.540. The Morgan fingerprint density at radius 2 is 2.06 bits per heavy atom. The van der Waals surface area contributed by atoms with Gasteiger partial charge in [-0.2, -0.15) is 0 Å². The van der Waals surface area contributed by atoms with E-state index in [0.717, 1.165) is 0 Å². The zero-order chi connectivity index (χ0) is 13.9. The van der Waals surface area contributed by atoms with Crippen LogP contribution in [-0.2, 0) is 4.79 Å². The predicted molar refractivity (Wildman–Crippen MR) is 74.5 cm³/mol. The summed E-state index contributed by atoms with van der Waals surface area (Å²) in [6.45, 7) is 3.54. The van der Waals surface area contributed by atoms with E-state index in [1.807, 2.05) is 13.8 Å². The van der Waals surface area contributed by atoms with E-state index < -0.39 is 5.91 Å². The van der Waals surface area contributed by atoms with Crippen molar-refractivity contribution in [3.8, 4) is 0 Å². The van der Waals surface area contributed by atoms with Crippen molar-refractivity contribution in [1.29, 1.82) is 0 Å². The summed E-state index contributed by atoms with van der Waals surface area (Å²) in [5, 5.41) is 0.532.